The number of rotatable bonds is 6. The standard InChI is InChI=1S/C21H21N3O3S/c1-14-6-5-9-18(15(14)2)24-21(26)13-28(27)12-20(25)23-17-10-16-7-3-4-8-19(16)22-11-17/h3-11H,12-13H2,1-2H3,(H,23,25)(H,24,26)/t28-/m1/s1. The van der Waals surface area contributed by atoms with Gasteiger partial charge in [-0.1, -0.05) is 30.3 Å². The van der Waals surface area contributed by atoms with Gasteiger partial charge in [0.1, 0.15) is 11.5 Å². The number of pyridine rings is 1. The Morgan fingerprint density at radius 2 is 1.68 bits per heavy atom. The van der Waals surface area contributed by atoms with Crippen LogP contribution in [0.15, 0.2) is 54.7 Å². The summed E-state index contributed by atoms with van der Waals surface area (Å²) in [7, 11) is -1.61. The second-order valence-electron chi connectivity index (χ2n) is 6.49. The summed E-state index contributed by atoms with van der Waals surface area (Å²) in [5.74, 6) is -1.30. The minimum Gasteiger partial charge on any atom is -0.325 e. The monoisotopic (exact) mass is 395 g/mol. The van der Waals surface area contributed by atoms with Crippen LogP contribution in [0.25, 0.3) is 10.9 Å². The van der Waals surface area contributed by atoms with Crippen molar-refractivity contribution in [2.75, 3.05) is 22.1 Å². The van der Waals surface area contributed by atoms with E-state index in [0.29, 0.717) is 11.4 Å². The normalized spacial score (nSPS) is 11.8. The second kappa shape index (κ2) is 8.75. The number of carbonyl (C=O) groups excluding carboxylic acids is 2. The summed E-state index contributed by atoms with van der Waals surface area (Å²) in [5.41, 5.74) is 4.06. The number of nitrogens with one attached hydrogen (secondary N) is 2. The molecule has 3 rings (SSSR count). The predicted molar refractivity (Wildman–Crippen MR) is 113 cm³/mol. The molecule has 144 valence electrons. The maximum Gasteiger partial charge on any atom is 0.237 e. The lowest BCUT2D eigenvalue weighted by atomic mass is 10.1. The van der Waals surface area contributed by atoms with Crippen molar-refractivity contribution in [1.82, 2.24) is 4.98 Å². The third-order valence-corrected chi connectivity index (χ3v) is 5.51. The van der Waals surface area contributed by atoms with Gasteiger partial charge in [0.15, 0.2) is 0 Å². The third-order valence-electron chi connectivity index (χ3n) is 4.34. The summed E-state index contributed by atoms with van der Waals surface area (Å²) in [6.07, 6.45) is 1.55. The van der Waals surface area contributed by atoms with Gasteiger partial charge in [0.05, 0.1) is 17.4 Å². The van der Waals surface area contributed by atoms with Crippen LogP contribution < -0.4 is 10.6 Å². The molecule has 28 heavy (non-hydrogen) atoms. The van der Waals surface area contributed by atoms with Crippen molar-refractivity contribution >= 4 is 44.9 Å². The van der Waals surface area contributed by atoms with Crippen molar-refractivity contribution < 1.29 is 13.8 Å². The molecule has 2 amide bonds. The van der Waals surface area contributed by atoms with Crippen LogP contribution in [0.2, 0.25) is 0 Å². The zero-order chi connectivity index (χ0) is 20.1. The molecule has 1 heterocycles. The fourth-order valence-electron chi connectivity index (χ4n) is 2.75. The van der Waals surface area contributed by atoms with E-state index in [1.54, 1.807) is 18.3 Å². The minimum absolute atomic E-state index is 0.239. The number of aryl methyl sites for hydroxylation is 1. The molecule has 0 aliphatic heterocycles. The highest BCUT2D eigenvalue weighted by atomic mass is 32.2. The number of benzene rings is 2. The quantitative estimate of drug-likeness (QED) is 0.671. The molecule has 0 saturated heterocycles. The Morgan fingerprint density at radius 3 is 2.46 bits per heavy atom. The van der Waals surface area contributed by atoms with E-state index in [4.69, 9.17) is 0 Å². The van der Waals surface area contributed by atoms with E-state index >= 15 is 0 Å². The van der Waals surface area contributed by atoms with Crippen LogP contribution >= 0.6 is 0 Å². The molecule has 0 spiro atoms. The smallest absolute Gasteiger partial charge is 0.237 e. The molecule has 6 nitrogen and oxygen atoms in total. The van der Waals surface area contributed by atoms with Gasteiger partial charge in [-0.05, 0) is 43.2 Å². The first-order chi connectivity index (χ1) is 13.4. The van der Waals surface area contributed by atoms with E-state index in [1.807, 2.05) is 50.2 Å². The molecule has 0 bridgehead atoms. The molecule has 1 atom stereocenters. The van der Waals surface area contributed by atoms with Gasteiger partial charge in [-0.3, -0.25) is 18.8 Å². The maximum atomic E-state index is 12.2. The molecule has 0 fully saturated rings. The van der Waals surface area contributed by atoms with Crippen LogP contribution in [0.5, 0.6) is 0 Å². The molecular formula is C21H21N3O3S. The highest BCUT2D eigenvalue weighted by Gasteiger charge is 2.14. The van der Waals surface area contributed by atoms with Crippen molar-refractivity contribution in [3.05, 3.63) is 65.9 Å². The molecule has 7 heteroatoms. The zero-order valence-corrected chi connectivity index (χ0v) is 16.5. The lowest BCUT2D eigenvalue weighted by Gasteiger charge is -2.10. The Balaban J connectivity index is 1.54. The molecule has 0 unspecified atom stereocenters. The van der Waals surface area contributed by atoms with E-state index in [-0.39, 0.29) is 17.4 Å². The number of fused-ring (bicyclic) bond motifs is 1. The van der Waals surface area contributed by atoms with Crippen molar-refractivity contribution in [1.29, 1.82) is 0 Å². The molecule has 1 aromatic heterocycles. The van der Waals surface area contributed by atoms with E-state index in [1.165, 1.54) is 0 Å². The topological polar surface area (TPSA) is 88.2 Å². The fourth-order valence-corrected chi connectivity index (χ4v) is 3.58. The molecule has 0 saturated carbocycles. The second-order valence-corrected chi connectivity index (χ2v) is 7.95. The Hall–Kier alpha value is -3.06. The van der Waals surface area contributed by atoms with Gasteiger partial charge in [0.25, 0.3) is 0 Å². The number of carbonyl (C=O) groups is 2. The van der Waals surface area contributed by atoms with E-state index < -0.39 is 16.7 Å². The van der Waals surface area contributed by atoms with Gasteiger partial charge in [0, 0.05) is 21.9 Å². The summed E-state index contributed by atoms with van der Waals surface area (Å²) in [4.78, 5) is 28.5. The SMILES string of the molecule is Cc1cccc(NC(=O)C[S@](=O)CC(=O)Nc2cnc3ccccc3c2)c1C. The van der Waals surface area contributed by atoms with Crippen LogP contribution in [0, 0.1) is 13.8 Å². The van der Waals surface area contributed by atoms with Crippen molar-refractivity contribution in [2.45, 2.75) is 13.8 Å². The van der Waals surface area contributed by atoms with Crippen LogP contribution in [0.4, 0.5) is 11.4 Å². The lowest BCUT2D eigenvalue weighted by Crippen LogP contribution is -2.26. The highest BCUT2D eigenvalue weighted by Crippen LogP contribution is 2.18. The molecule has 3 aromatic rings. The van der Waals surface area contributed by atoms with Crippen LogP contribution in [0.3, 0.4) is 0 Å². The summed E-state index contributed by atoms with van der Waals surface area (Å²) >= 11 is 0. The zero-order valence-electron chi connectivity index (χ0n) is 15.7. The summed E-state index contributed by atoms with van der Waals surface area (Å²) in [6, 6.07) is 15.0. The van der Waals surface area contributed by atoms with Gasteiger partial charge in [0.2, 0.25) is 11.8 Å². The average Bonchev–Trinajstić information content (AvgIpc) is 2.65. The number of para-hydroxylation sites is 1. The van der Waals surface area contributed by atoms with E-state index in [0.717, 1.165) is 22.0 Å². The Morgan fingerprint density at radius 1 is 0.964 bits per heavy atom. The maximum absolute atomic E-state index is 12.2. The first kappa shape index (κ1) is 19.7. The van der Waals surface area contributed by atoms with Crippen molar-refractivity contribution in [3.63, 3.8) is 0 Å². The predicted octanol–water partition coefficient (Wildman–Crippen LogP) is 3.18. The molecule has 0 aliphatic rings. The first-order valence-corrected chi connectivity index (χ1v) is 10.3. The van der Waals surface area contributed by atoms with Gasteiger partial charge in [-0.25, -0.2) is 0 Å². The fraction of sp³-hybridized carbons (Fsp3) is 0.190. The number of anilines is 2. The largest absolute Gasteiger partial charge is 0.325 e. The molecule has 2 N–H and O–H groups in total. The minimum atomic E-state index is -1.61. The van der Waals surface area contributed by atoms with Crippen molar-refractivity contribution in [2.24, 2.45) is 0 Å². The number of hydrogen-bond donors (Lipinski definition) is 2. The van der Waals surface area contributed by atoms with Crippen LogP contribution in [-0.4, -0.2) is 32.5 Å². The molecular weight excluding hydrogens is 374 g/mol. The summed E-state index contributed by atoms with van der Waals surface area (Å²) < 4.78 is 12.2. The lowest BCUT2D eigenvalue weighted by molar-refractivity contribution is -0.114. The summed E-state index contributed by atoms with van der Waals surface area (Å²) in [6.45, 7) is 3.86. The van der Waals surface area contributed by atoms with Gasteiger partial charge in [-0.2, -0.15) is 0 Å². The Labute approximate surface area is 165 Å². The third kappa shape index (κ3) is 5.01. The van der Waals surface area contributed by atoms with E-state index in [2.05, 4.69) is 15.6 Å². The van der Waals surface area contributed by atoms with Gasteiger partial charge in [-0.15, -0.1) is 0 Å². The number of aromatic nitrogens is 1. The molecule has 2 aromatic carbocycles. The van der Waals surface area contributed by atoms with Crippen LogP contribution in [0.1, 0.15) is 11.1 Å². The first-order valence-electron chi connectivity index (χ1n) is 8.78. The van der Waals surface area contributed by atoms with E-state index in [9.17, 15) is 13.8 Å². The Kier molecular flexibility index (Phi) is 6.16. The Bertz CT molecular complexity index is 1070. The van der Waals surface area contributed by atoms with Crippen LogP contribution in [-0.2, 0) is 20.4 Å². The number of hydrogen-bond acceptors (Lipinski definition) is 4. The van der Waals surface area contributed by atoms with Crippen molar-refractivity contribution in [3.8, 4) is 0 Å². The average molecular weight is 395 g/mol. The number of amides is 2. The molecule has 0 radical (unpaired) electrons. The highest BCUT2D eigenvalue weighted by molar-refractivity contribution is 7.86. The number of nitrogens with zero attached hydrogens (tertiary/aromatic N) is 1. The summed E-state index contributed by atoms with van der Waals surface area (Å²) in [5, 5.41) is 6.33. The molecule has 0 aliphatic carbocycles. The van der Waals surface area contributed by atoms with Gasteiger partial charge < -0.3 is 10.6 Å². The van der Waals surface area contributed by atoms with Gasteiger partial charge >= 0.3 is 0 Å².